The van der Waals surface area contributed by atoms with Gasteiger partial charge in [-0.2, -0.15) is 12.1 Å². The van der Waals surface area contributed by atoms with E-state index in [4.69, 9.17) is 0 Å². The molecule has 46 heavy (non-hydrogen) atoms. The maximum absolute atomic E-state index is 2.39. The maximum Gasteiger partial charge on any atom is 0.0307 e. The molecule has 0 spiro atoms. The average Bonchev–Trinajstić information content (AvgIpc) is 3.73. The monoisotopic (exact) mass is 788 g/mol. The van der Waals surface area contributed by atoms with Gasteiger partial charge < -0.3 is 0 Å². The van der Waals surface area contributed by atoms with Crippen molar-refractivity contribution in [2.75, 3.05) is 0 Å². The normalized spacial score (nSPS) is 12.0. The van der Waals surface area contributed by atoms with Crippen LogP contribution in [0.3, 0.4) is 0 Å². The zero-order valence-corrected chi connectivity index (χ0v) is 34.0. The number of hydrogen-bond donors (Lipinski definition) is 0. The van der Waals surface area contributed by atoms with Crippen molar-refractivity contribution in [2.45, 2.75) is 92.2 Å². The van der Waals surface area contributed by atoms with Crippen LogP contribution in [0.15, 0.2) is 109 Å². The van der Waals surface area contributed by atoms with Crippen molar-refractivity contribution >= 4 is 31.1 Å². The van der Waals surface area contributed by atoms with Crippen molar-refractivity contribution in [3.8, 4) is 22.3 Å². The van der Waals surface area contributed by atoms with E-state index in [2.05, 4.69) is 164 Å². The van der Waals surface area contributed by atoms with Gasteiger partial charge in [0.15, 0.2) is 0 Å². The molecule has 0 aromatic heterocycles. The largest absolute Gasteiger partial charge is 0.164 e. The van der Waals surface area contributed by atoms with E-state index in [0.29, 0.717) is 11.8 Å². The topological polar surface area (TPSA) is 0 Å². The van der Waals surface area contributed by atoms with E-state index in [0.717, 1.165) is 22.4 Å². The van der Waals surface area contributed by atoms with Crippen LogP contribution in [0.4, 0.5) is 0 Å². The van der Waals surface area contributed by atoms with Crippen LogP contribution in [-0.2, 0) is 38.7 Å². The van der Waals surface area contributed by atoms with Crippen LogP contribution in [0, 0.1) is 0 Å². The Labute approximate surface area is 301 Å². The molecule has 238 valence electrons. The summed E-state index contributed by atoms with van der Waals surface area (Å²) in [4.78, 5) is 0. The van der Waals surface area contributed by atoms with Crippen LogP contribution in [0.1, 0.15) is 88.5 Å². The van der Waals surface area contributed by atoms with Gasteiger partial charge in [0.1, 0.15) is 0 Å². The molecule has 0 heterocycles. The third-order valence-electron chi connectivity index (χ3n) is 9.29. The number of rotatable bonds is 8. The standard InChI is InChI=1S/2C21H23.C2H6Si.Hf/c2*1-4-15(3)18-13-17-10-8-12-20(21(17)14-18)19-11-7-6-9-16(19)5-2;1-3-2;/h2*6-15H,4-5H2,1-3H3;1-2H3;/q2*-1;;. The molecule has 0 fully saturated rings. The first-order chi connectivity index (χ1) is 21.9. The minimum Gasteiger partial charge on any atom is -0.164 e. The summed E-state index contributed by atoms with van der Waals surface area (Å²) in [6.07, 6.45) is 4.53. The quantitative estimate of drug-likeness (QED) is 0.106. The van der Waals surface area contributed by atoms with Crippen molar-refractivity contribution in [3.63, 3.8) is 0 Å². The van der Waals surface area contributed by atoms with E-state index >= 15 is 0 Å². The van der Waals surface area contributed by atoms with E-state index in [1.807, 2.05) is 0 Å². The fourth-order valence-electron chi connectivity index (χ4n) is 6.21. The molecule has 6 aromatic carbocycles. The van der Waals surface area contributed by atoms with Gasteiger partial charge in [0, 0.05) is 35.4 Å². The Morgan fingerprint density at radius 2 is 0.870 bits per heavy atom. The molecule has 0 saturated heterocycles. The summed E-state index contributed by atoms with van der Waals surface area (Å²) in [5.41, 5.74) is 11.3. The smallest absolute Gasteiger partial charge is 0.0307 e. The molecule has 2 unspecified atom stereocenters. The Morgan fingerprint density at radius 1 is 0.522 bits per heavy atom. The third-order valence-corrected chi connectivity index (χ3v) is 9.29. The molecule has 0 amide bonds. The first kappa shape index (κ1) is 37.6. The van der Waals surface area contributed by atoms with Crippen molar-refractivity contribution in [3.05, 3.63) is 131 Å². The van der Waals surface area contributed by atoms with E-state index in [-0.39, 0.29) is 25.8 Å². The first-order valence-corrected chi connectivity index (χ1v) is 19.0. The van der Waals surface area contributed by atoms with Gasteiger partial charge in [-0.25, -0.2) is 0 Å². The fourth-order valence-corrected chi connectivity index (χ4v) is 6.21. The molecular formula is C44H52HfSi-2. The number of aryl methyl sites for hydroxylation is 2. The van der Waals surface area contributed by atoms with Gasteiger partial charge in [0.25, 0.3) is 0 Å². The van der Waals surface area contributed by atoms with Gasteiger partial charge in [-0.3, -0.25) is 0 Å². The molecule has 0 saturated carbocycles. The molecular weight excluding hydrogens is 735 g/mol. The average molecular weight is 787 g/mol. The Hall–Kier alpha value is -2.81. The molecule has 0 aliphatic rings. The van der Waals surface area contributed by atoms with Gasteiger partial charge in [-0.1, -0.05) is 139 Å². The van der Waals surface area contributed by atoms with Gasteiger partial charge >= 0.3 is 0 Å². The summed E-state index contributed by atoms with van der Waals surface area (Å²) >= 11 is 0. The molecule has 6 rings (SSSR count). The third kappa shape index (κ3) is 8.75. The first-order valence-electron chi connectivity index (χ1n) is 17.0. The second kappa shape index (κ2) is 18.5. The zero-order chi connectivity index (χ0) is 32.3. The number of fused-ring (bicyclic) bond motifs is 2. The predicted octanol–water partition coefficient (Wildman–Crippen LogP) is 13.4. The molecule has 0 N–H and O–H groups in total. The number of hydrogen-bond acceptors (Lipinski definition) is 0. The van der Waals surface area contributed by atoms with Gasteiger partial charge in [-0.05, 0) is 46.9 Å². The van der Waals surface area contributed by atoms with Crippen LogP contribution in [0.2, 0.25) is 13.1 Å². The van der Waals surface area contributed by atoms with E-state index in [1.165, 1.54) is 78.9 Å². The Bertz CT molecular complexity index is 1650. The van der Waals surface area contributed by atoms with E-state index in [1.54, 1.807) is 0 Å². The summed E-state index contributed by atoms with van der Waals surface area (Å²) < 4.78 is 0. The maximum atomic E-state index is 2.39. The van der Waals surface area contributed by atoms with Crippen molar-refractivity contribution in [2.24, 2.45) is 0 Å². The summed E-state index contributed by atoms with van der Waals surface area (Å²) in [5.74, 6) is 1.26. The minimum absolute atomic E-state index is 0. The Balaban J connectivity index is 0.000000226. The fraction of sp³-hybridized carbons (Fsp3) is 0.318. The zero-order valence-electron chi connectivity index (χ0n) is 29.4. The van der Waals surface area contributed by atoms with Gasteiger partial charge in [0.05, 0.1) is 0 Å². The van der Waals surface area contributed by atoms with Crippen LogP contribution in [0.5, 0.6) is 0 Å². The molecule has 2 heteroatoms. The van der Waals surface area contributed by atoms with Crippen LogP contribution >= 0.6 is 0 Å². The Kier molecular flexibility index (Phi) is 15.1. The predicted molar refractivity (Wildman–Crippen MR) is 204 cm³/mol. The summed E-state index contributed by atoms with van der Waals surface area (Å²) in [6.45, 7) is 17.9. The van der Waals surface area contributed by atoms with Crippen LogP contribution < -0.4 is 0 Å². The molecule has 0 bridgehead atoms. The second-order valence-corrected chi connectivity index (χ2v) is 13.3. The summed E-state index contributed by atoms with van der Waals surface area (Å²) in [7, 11) is 1.08. The van der Waals surface area contributed by atoms with Crippen molar-refractivity contribution < 1.29 is 25.8 Å². The van der Waals surface area contributed by atoms with Crippen molar-refractivity contribution in [1.29, 1.82) is 0 Å². The molecule has 0 aliphatic heterocycles. The molecule has 6 aromatic rings. The van der Waals surface area contributed by atoms with E-state index < -0.39 is 0 Å². The van der Waals surface area contributed by atoms with Gasteiger partial charge in [-0.15, -0.1) is 69.1 Å². The molecule has 0 aliphatic carbocycles. The summed E-state index contributed by atoms with van der Waals surface area (Å²) in [5, 5.41) is 5.53. The minimum atomic E-state index is 0. The van der Waals surface area contributed by atoms with Crippen molar-refractivity contribution in [1.82, 2.24) is 0 Å². The Morgan fingerprint density at radius 3 is 1.22 bits per heavy atom. The van der Waals surface area contributed by atoms with Crippen LogP contribution in [-0.4, -0.2) is 9.52 Å². The molecule has 2 radical (unpaired) electrons. The second-order valence-electron chi connectivity index (χ2n) is 12.3. The molecule has 2 atom stereocenters. The molecule has 0 nitrogen and oxygen atoms in total. The van der Waals surface area contributed by atoms with Crippen LogP contribution in [0.25, 0.3) is 43.8 Å². The number of benzene rings is 4. The SMILES string of the molecule is CCc1ccccc1-c1cccc2[cH-]c(C(C)CC)cc12.CCc1ccccc1-c1cccc2[cH-]c(C(C)CC)cc12.C[Si]C.[Hf]. The van der Waals surface area contributed by atoms with E-state index in [9.17, 15) is 0 Å². The van der Waals surface area contributed by atoms with Gasteiger partial charge in [0.2, 0.25) is 0 Å². The summed E-state index contributed by atoms with van der Waals surface area (Å²) in [6, 6.07) is 40.4.